The van der Waals surface area contributed by atoms with Crippen LogP contribution in [0, 0.1) is 5.82 Å². The van der Waals surface area contributed by atoms with Gasteiger partial charge in [0.2, 0.25) is 5.91 Å². The number of fused-ring (bicyclic) bond motifs is 1. The van der Waals surface area contributed by atoms with Crippen molar-refractivity contribution in [1.29, 1.82) is 0 Å². The molecular weight excluding hydrogens is 468 g/mol. The number of nitrogens with one attached hydrogen (secondary N) is 3. The zero-order chi connectivity index (χ0) is 24.7. The molecule has 0 saturated heterocycles. The number of carbonyl (C=O) groups excluding carboxylic acids is 2. The van der Waals surface area contributed by atoms with Crippen LogP contribution in [-0.2, 0) is 21.4 Å². The summed E-state index contributed by atoms with van der Waals surface area (Å²) < 4.78 is 22.3. The summed E-state index contributed by atoms with van der Waals surface area (Å²) in [5.74, 6) is -1.87. The Hall–Kier alpha value is -3.19. The lowest BCUT2D eigenvalue weighted by atomic mass is 9.96. The lowest BCUT2D eigenvalue weighted by Gasteiger charge is -2.15. The number of benzene rings is 2. The summed E-state index contributed by atoms with van der Waals surface area (Å²) in [6, 6.07) is 6.74. The Kier molecular flexibility index (Phi) is 8.82. The molecule has 13 heteroatoms. The summed E-state index contributed by atoms with van der Waals surface area (Å²) in [6.07, 6.45) is 1.99. The molecule has 2 aromatic carbocycles. The number of aryl methyl sites for hydroxylation is 1. The van der Waals surface area contributed by atoms with Gasteiger partial charge >= 0.3 is 0 Å². The van der Waals surface area contributed by atoms with E-state index >= 15 is 4.39 Å². The molecule has 0 aliphatic heterocycles. The maximum absolute atomic E-state index is 15.4. The zero-order valence-corrected chi connectivity index (χ0v) is 19.4. The lowest BCUT2D eigenvalue weighted by Crippen LogP contribution is -2.27. The Morgan fingerprint density at radius 2 is 2.06 bits per heavy atom. The van der Waals surface area contributed by atoms with Crippen molar-refractivity contribution in [3.05, 3.63) is 47.0 Å². The second-order valence-corrected chi connectivity index (χ2v) is 7.88. The van der Waals surface area contributed by atoms with Gasteiger partial charge in [-0.15, -0.1) is 0 Å². The van der Waals surface area contributed by atoms with Gasteiger partial charge in [-0.3, -0.25) is 19.6 Å². The molecule has 0 aliphatic carbocycles. The normalized spacial score (nSPS) is 10.9. The minimum atomic E-state index is -0.699. The minimum Gasteiger partial charge on any atom is -0.379 e. The third-order valence-electron chi connectivity index (χ3n) is 4.90. The van der Waals surface area contributed by atoms with Crippen molar-refractivity contribution >= 4 is 59.1 Å². The van der Waals surface area contributed by atoms with Crippen molar-refractivity contribution in [3.8, 4) is 0 Å². The first kappa shape index (κ1) is 25.4. The predicted molar refractivity (Wildman–Crippen MR) is 127 cm³/mol. The molecule has 3 rings (SSSR count). The largest absolute Gasteiger partial charge is 0.379 e. The summed E-state index contributed by atoms with van der Waals surface area (Å²) in [4.78, 5) is 33.0. The molecular formula is C21H24BClFN5O5. The molecule has 10 nitrogen and oxygen atoms in total. The van der Waals surface area contributed by atoms with Gasteiger partial charge in [0, 0.05) is 20.1 Å². The van der Waals surface area contributed by atoms with Gasteiger partial charge in [0.25, 0.3) is 5.91 Å². The number of nitrogens with zero attached hydrogens (tertiary/aromatic N) is 2. The van der Waals surface area contributed by atoms with E-state index in [9.17, 15) is 9.59 Å². The Bertz CT molecular complexity index is 1190. The number of aromatic nitrogens is 2. The van der Waals surface area contributed by atoms with Crippen LogP contribution in [0.25, 0.3) is 11.0 Å². The standard InChI is InChI=1S/C21H24BClFN5O5/c1-29-11-25-20-16(29)10-13(19(18(20)24)26-15-5-4-12(22)9-14(15)23)21(31)28-34-8-7-33-6-2-3-17(30)27-32/h4-5,9-11,26,32H,2-3,6-8,22H2,1H3,(H,27,30)(H,28,31). The van der Waals surface area contributed by atoms with Crippen molar-refractivity contribution in [2.45, 2.75) is 12.8 Å². The summed E-state index contributed by atoms with van der Waals surface area (Å²) in [6.45, 7) is 0.458. The lowest BCUT2D eigenvalue weighted by molar-refractivity contribution is -0.129. The van der Waals surface area contributed by atoms with E-state index in [1.54, 1.807) is 23.7 Å². The highest BCUT2D eigenvalue weighted by atomic mass is 35.5. The van der Waals surface area contributed by atoms with E-state index in [0.29, 0.717) is 22.6 Å². The summed E-state index contributed by atoms with van der Waals surface area (Å²) in [5, 5.41) is 11.7. The van der Waals surface area contributed by atoms with E-state index < -0.39 is 17.6 Å². The third-order valence-corrected chi connectivity index (χ3v) is 5.21. The fourth-order valence-electron chi connectivity index (χ4n) is 3.15. The van der Waals surface area contributed by atoms with Gasteiger partial charge in [0.05, 0.1) is 47.0 Å². The first-order valence-electron chi connectivity index (χ1n) is 10.4. The first-order valence-corrected chi connectivity index (χ1v) is 10.8. The quantitative estimate of drug-likeness (QED) is 0.138. The Morgan fingerprint density at radius 1 is 1.26 bits per heavy atom. The number of amides is 2. The van der Waals surface area contributed by atoms with Crippen molar-refractivity contribution in [2.75, 3.05) is 25.1 Å². The van der Waals surface area contributed by atoms with Crippen LogP contribution < -0.4 is 21.7 Å². The third kappa shape index (κ3) is 6.23. The molecule has 1 aromatic heterocycles. The number of carbonyl (C=O) groups is 2. The summed E-state index contributed by atoms with van der Waals surface area (Å²) >= 11 is 6.29. The van der Waals surface area contributed by atoms with E-state index in [0.717, 1.165) is 5.46 Å². The SMILES string of the molecule is Bc1ccc(Nc2c(C(=O)NOCCOCCCC(=O)NO)cc3c(ncn3C)c2F)c(Cl)c1. The topological polar surface area (TPSA) is 127 Å². The molecule has 0 radical (unpaired) electrons. The molecule has 0 bridgehead atoms. The predicted octanol–water partition coefficient (Wildman–Crippen LogP) is 1.33. The molecule has 180 valence electrons. The fraction of sp³-hybridized carbons (Fsp3) is 0.286. The van der Waals surface area contributed by atoms with Gasteiger partial charge in [-0.2, -0.15) is 0 Å². The van der Waals surface area contributed by atoms with Crippen LogP contribution in [-0.4, -0.2) is 54.2 Å². The van der Waals surface area contributed by atoms with Gasteiger partial charge < -0.3 is 14.6 Å². The van der Waals surface area contributed by atoms with Gasteiger partial charge in [-0.05, 0) is 24.6 Å². The molecule has 1 heterocycles. The Balaban J connectivity index is 1.69. The molecule has 0 fully saturated rings. The van der Waals surface area contributed by atoms with Crippen molar-refractivity contribution in [3.63, 3.8) is 0 Å². The fourth-order valence-corrected chi connectivity index (χ4v) is 3.43. The van der Waals surface area contributed by atoms with Crippen LogP contribution >= 0.6 is 11.6 Å². The molecule has 3 aromatic rings. The second-order valence-electron chi connectivity index (χ2n) is 7.48. The van der Waals surface area contributed by atoms with Crippen LogP contribution in [0.3, 0.4) is 0 Å². The van der Waals surface area contributed by atoms with Crippen molar-refractivity contribution in [1.82, 2.24) is 20.5 Å². The van der Waals surface area contributed by atoms with E-state index in [-0.39, 0.29) is 43.0 Å². The van der Waals surface area contributed by atoms with Crippen molar-refractivity contribution in [2.24, 2.45) is 7.05 Å². The van der Waals surface area contributed by atoms with E-state index in [4.69, 9.17) is 26.4 Å². The van der Waals surface area contributed by atoms with E-state index in [1.165, 1.54) is 17.9 Å². The highest BCUT2D eigenvalue weighted by Gasteiger charge is 2.22. The number of anilines is 2. The average Bonchev–Trinajstić information content (AvgIpc) is 3.19. The minimum absolute atomic E-state index is 0.00109. The number of halogens is 2. The molecule has 0 unspecified atom stereocenters. The number of rotatable bonds is 11. The van der Waals surface area contributed by atoms with Crippen molar-refractivity contribution < 1.29 is 28.8 Å². The number of hydrogen-bond acceptors (Lipinski definition) is 7. The van der Waals surface area contributed by atoms with Gasteiger partial charge in [-0.25, -0.2) is 20.3 Å². The van der Waals surface area contributed by atoms with Gasteiger partial charge in [0.1, 0.15) is 13.4 Å². The second kappa shape index (κ2) is 11.8. The van der Waals surface area contributed by atoms with Gasteiger partial charge in [0.15, 0.2) is 5.82 Å². The summed E-state index contributed by atoms with van der Waals surface area (Å²) in [7, 11) is 3.57. The van der Waals surface area contributed by atoms with Crippen LogP contribution in [0.4, 0.5) is 15.8 Å². The maximum Gasteiger partial charge on any atom is 0.277 e. The molecule has 0 aliphatic rings. The van der Waals surface area contributed by atoms with Crippen LogP contribution in [0.1, 0.15) is 23.2 Å². The number of hydrogen-bond donors (Lipinski definition) is 4. The zero-order valence-electron chi connectivity index (χ0n) is 18.7. The Labute approximate surface area is 200 Å². The highest BCUT2D eigenvalue weighted by Crippen LogP contribution is 2.32. The monoisotopic (exact) mass is 491 g/mol. The van der Waals surface area contributed by atoms with Crippen LogP contribution in [0.2, 0.25) is 5.02 Å². The molecule has 0 spiro atoms. The first-order chi connectivity index (χ1) is 16.3. The summed E-state index contributed by atoms with van der Waals surface area (Å²) in [5.41, 5.74) is 5.63. The maximum atomic E-state index is 15.4. The number of hydroxylamine groups is 2. The molecule has 0 saturated carbocycles. The smallest absolute Gasteiger partial charge is 0.277 e. The average molecular weight is 492 g/mol. The Morgan fingerprint density at radius 3 is 2.79 bits per heavy atom. The van der Waals surface area contributed by atoms with Crippen LogP contribution in [0.15, 0.2) is 30.6 Å². The van der Waals surface area contributed by atoms with E-state index in [2.05, 4.69) is 15.8 Å². The van der Waals surface area contributed by atoms with Crippen LogP contribution in [0.5, 0.6) is 0 Å². The number of ether oxygens (including phenoxy) is 1. The molecule has 4 N–H and O–H groups in total. The molecule has 2 amide bonds. The molecule has 0 atom stereocenters. The van der Waals surface area contributed by atoms with Gasteiger partial charge in [-0.1, -0.05) is 23.1 Å². The highest BCUT2D eigenvalue weighted by molar-refractivity contribution is 6.37. The van der Waals surface area contributed by atoms with E-state index in [1.807, 2.05) is 13.9 Å². The number of imidazole rings is 1. The molecule has 34 heavy (non-hydrogen) atoms.